The van der Waals surface area contributed by atoms with Crippen molar-refractivity contribution in [2.75, 3.05) is 43.0 Å². The average Bonchev–Trinajstić information content (AvgIpc) is 2.62. The van der Waals surface area contributed by atoms with Crippen LogP contribution in [0, 0.1) is 0 Å². The van der Waals surface area contributed by atoms with E-state index in [1.165, 1.54) is 25.4 Å². The molecule has 1 aliphatic heterocycles. The molecule has 2 heterocycles. The zero-order valence-electron chi connectivity index (χ0n) is 13.6. The highest BCUT2D eigenvalue weighted by Crippen LogP contribution is 2.28. The van der Waals surface area contributed by atoms with Crippen LogP contribution in [0.5, 0.6) is 5.75 Å². The molecule has 0 atom stereocenters. The molecular weight excluding hydrogens is 410 g/mol. The van der Waals surface area contributed by atoms with Crippen molar-refractivity contribution in [1.82, 2.24) is 4.98 Å². The van der Waals surface area contributed by atoms with E-state index in [0.717, 1.165) is 18.9 Å². The van der Waals surface area contributed by atoms with Gasteiger partial charge in [0.25, 0.3) is 10.0 Å². The van der Waals surface area contributed by atoms with Gasteiger partial charge in [-0.15, -0.1) is 0 Å². The van der Waals surface area contributed by atoms with Crippen molar-refractivity contribution >= 4 is 37.5 Å². The topological polar surface area (TPSA) is 80.8 Å². The molecule has 1 saturated heterocycles. The Kier molecular flexibility index (Phi) is 5.45. The minimum atomic E-state index is -3.71. The molecule has 1 aromatic carbocycles. The molecule has 0 unspecified atom stereocenters. The van der Waals surface area contributed by atoms with Gasteiger partial charge in [-0.2, -0.15) is 0 Å². The highest BCUT2D eigenvalue weighted by molar-refractivity contribution is 9.10. The smallest absolute Gasteiger partial charge is 0.261 e. The number of benzene rings is 1. The van der Waals surface area contributed by atoms with Crippen molar-refractivity contribution in [3.63, 3.8) is 0 Å². The monoisotopic (exact) mass is 427 g/mol. The predicted molar refractivity (Wildman–Crippen MR) is 98.8 cm³/mol. The van der Waals surface area contributed by atoms with Crippen LogP contribution < -0.4 is 14.4 Å². The van der Waals surface area contributed by atoms with Crippen LogP contribution in [0.15, 0.2) is 45.9 Å². The molecule has 0 radical (unpaired) electrons. The van der Waals surface area contributed by atoms with Crippen LogP contribution in [-0.4, -0.2) is 46.8 Å². The van der Waals surface area contributed by atoms with Gasteiger partial charge in [-0.25, -0.2) is 13.4 Å². The Morgan fingerprint density at radius 2 is 2.00 bits per heavy atom. The van der Waals surface area contributed by atoms with E-state index in [-0.39, 0.29) is 4.90 Å². The SMILES string of the molecule is COc1ccc(S(=O)(=O)Nc2ccc(N3CCOCC3)nc2)cc1Br. The van der Waals surface area contributed by atoms with E-state index in [1.54, 1.807) is 18.2 Å². The first-order valence-electron chi connectivity index (χ1n) is 7.65. The second-order valence-corrected chi connectivity index (χ2v) is 7.94. The van der Waals surface area contributed by atoms with Crippen molar-refractivity contribution in [1.29, 1.82) is 0 Å². The normalized spacial score (nSPS) is 15.0. The number of anilines is 2. The Hall–Kier alpha value is -1.84. The number of rotatable bonds is 5. The van der Waals surface area contributed by atoms with Crippen molar-refractivity contribution in [2.24, 2.45) is 0 Å². The summed E-state index contributed by atoms with van der Waals surface area (Å²) in [5.74, 6) is 1.37. The Labute approximate surface area is 155 Å². The number of aromatic nitrogens is 1. The Balaban J connectivity index is 1.75. The van der Waals surface area contributed by atoms with Gasteiger partial charge in [0.05, 0.1) is 41.6 Å². The molecule has 3 rings (SSSR count). The Morgan fingerprint density at radius 1 is 1.24 bits per heavy atom. The lowest BCUT2D eigenvalue weighted by atomic mass is 10.3. The van der Waals surface area contributed by atoms with Crippen molar-refractivity contribution < 1.29 is 17.9 Å². The average molecular weight is 428 g/mol. The number of halogens is 1. The highest BCUT2D eigenvalue weighted by atomic mass is 79.9. The molecule has 0 bridgehead atoms. The quantitative estimate of drug-likeness (QED) is 0.789. The number of nitrogens with zero attached hydrogens (tertiary/aromatic N) is 2. The van der Waals surface area contributed by atoms with E-state index in [2.05, 4.69) is 30.5 Å². The summed E-state index contributed by atoms with van der Waals surface area (Å²) >= 11 is 3.29. The van der Waals surface area contributed by atoms with Gasteiger partial charge in [-0.3, -0.25) is 4.72 Å². The summed E-state index contributed by atoms with van der Waals surface area (Å²) in [4.78, 5) is 6.58. The summed E-state index contributed by atoms with van der Waals surface area (Å²) in [5.41, 5.74) is 0.406. The zero-order valence-corrected chi connectivity index (χ0v) is 16.0. The Bertz CT molecular complexity index is 837. The zero-order chi connectivity index (χ0) is 17.9. The fourth-order valence-corrected chi connectivity index (χ4v) is 4.22. The maximum atomic E-state index is 12.5. The largest absolute Gasteiger partial charge is 0.496 e. The van der Waals surface area contributed by atoms with Crippen LogP contribution in [0.4, 0.5) is 11.5 Å². The first-order chi connectivity index (χ1) is 12.0. The van der Waals surface area contributed by atoms with E-state index < -0.39 is 10.0 Å². The molecule has 7 nitrogen and oxygen atoms in total. The third-order valence-corrected chi connectivity index (χ3v) is 5.77. The van der Waals surface area contributed by atoms with E-state index in [1.807, 2.05) is 0 Å². The van der Waals surface area contributed by atoms with Crippen molar-refractivity contribution in [3.05, 3.63) is 41.0 Å². The number of nitrogens with one attached hydrogen (secondary N) is 1. The molecule has 2 aromatic rings. The number of hydrogen-bond acceptors (Lipinski definition) is 6. The molecule has 0 aliphatic carbocycles. The summed E-state index contributed by atoms with van der Waals surface area (Å²) in [6, 6.07) is 8.08. The molecule has 0 amide bonds. The molecule has 1 N–H and O–H groups in total. The number of hydrogen-bond donors (Lipinski definition) is 1. The Morgan fingerprint density at radius 3 is 2.60 bits per heavy atom. The number of morpholine rings is 1. The van der Waals surface area contributed by atoms with Gasteiger partial charge in [-0.05, 0) is 46.3 Å². The lowest BCUT2D eigenvalue weighted by Crippen LogP contribution is -2.36. The van der Waals surface area contributed by atoms with E-state index in [9.17, 15) is 8.42 Å². The molecule has 0 spiro atoms. The second-order valence-electron chi connectivity index (χ2n) is 5.41. The molecule has 25 heavy (non-hydrogen) atoms. The van der Waals surface area contributed by atoms with Gasteiger partial charge >= 0.3 is 0 Å². The lowest BCUT2D eigenvalue weighted by Gasteiger charge is -2.27. The van der Waals surface area contributed by atoms with Gasteiger partial charge in [-0.1, -0.05) is 0 Å². The lowest BCUT2D eigenvalue weighted by molar-refractivity contribution is 0.122. The number of sulfonamides is 1. The third kappa shape index (κ3) is 4.23. The maximum Gasteiger partial charge on any atom is 0.261 e. The van der Waals surface area contributed by atoms with Crippen molar-refractivity contribution in [3.8, 4) is 5.75 Å². The van der Waals surface area contributed by atoms with E-state index >= 15 is 0 Å². The van der Waals surface area contributed by atoms with Crippen LogP contribution >= 0.6 is 15.9 Å². The molecule has 1 fully saturated rings. The summed E-state index contributed by atoms with van der Waals surface area (Å²) in [6.45, 7) is 2.89. The molecule has 134 valence electrons. The van der Waals surface area contributed by atoms with E-state index in [4.69, 9.17) is 9.47 Å². The molecule has 0 saturated carbocycles. The van der Waals surface area contributed by atoms with Gasteiger partial charge in [0, 0.05) is 13.1 Å². The van der Waals surface area contributed by atoms with Gasteiger partial charge in [0.15, 0.2) is 0 Å². The van der Waals surface area contributed by atoms with Crippen LogP contribution in [0.25, 0.3) is 0 Å². The number of ether oxygens (including phenoxy) is 2. The molecular formula is C16H18BrN3O4S. The van der Waals surface area contributed by atoms with Crippen LogP contribution in [0.3, 0.4) is 0 Å². The number of pyridine rings is 1. The summed E-state index contributed by atoms with van der Waals surface area (Å²) < 4.78 is 38.6. The van der Waals surface area contributed by atoms with Crippen molar-refractivity contribution in [2.45, 2.75) is 4.90 Å². The summed E-state index contributed by atoms with van der Waals surface area (Å²) in [7, 11) is -2.19. The fourth-order valence-electron chi connectivity index (χ4n) is 2.45. The van der Waals surface area contributed by atoms with E-state index in [0.29, 0.717) is 29.1 Å². The summed E-state index contributed by atoms with van der Waals surface area (Å²) in [6.07, 6.45) is 1.51. The maximum absolute atomic E-state index is 12.5. The minimum absolute atomic E-state index is 0.137. The molecule has 9 heteroatoms. The fraction of sp³-hybridized carbons (Fsp3) is 0.312. The van der Waals surface area contributed by atoms with Crippen LogP contribution in [0.2, 0.25) is 0 Å². The van der Waals surface area contributed by atoms with Gasteiger partial charge in [0.1, 0.15) is 11.6 Å². The van der Waals surface area contributed by atoms with Gasteiger partial charge < -0.3 is 14.4 Å². The molecule has 1 aliphatic rings. The first kappa shape index (κ1) is 18.0. The first-order valence-corrected chi connectivity index (χ1v) is 9.92. The summed E-state index contributed by atoms with van der Waals surface area (Å²) in [5, 5.41) is 0. The predicted octanol–water partition coefficient (Wildman–Crippen LogP) is 2.49. The minimum Gasteiger partial charge on any atom is -0.496 e. The standard InChI is InChI=1S/C16H18BrN3O4S/c1-23-15-4-3-13(10-14(15)17)25(21,22)19-12-2-5-16(18-11-12)20-6-8-24-9-7-20/h2-5,10-11,19H,6-9H2,1H3. The van der Waals surface area contributed by atoms with Gasteiger partial charge in [0.2, 0.25) is 0 Å². The third-order valence-electron chi connectivity index (χ3n) is 3.77. The van der Waals surface area contributed by atoms with Crippen LogP contribution in [-0.2, 0) is 14.8 Å². The highest BCUT2D eigenvalue weighted by Gasteiger charge is 2.17. The number of methoxy groups -OCH3 is 1. The second kappa shape index (κ2) is 7.59. The molecule has 1 aromatic heterocycles. The van der Waals surface area contributed by atoms with Crippen LogP contribution in [0.1, 0.15) is 0 Å².